The predicted molar refractivity (Wildman–Crippen MR) is 122 cm³/mol. The number of hydrogen-bond acceptors (Lipinski definition) is 4. The topological polar surface area (TPSA) is 73.8 Å². The predicted octanol–water partition coefficient (Wildman–Crippen LogP) is 4.42. The first-order chi connectivity index (χ1) is 14.5. The van der Waals surface area contributed by atoms with E-state index in [4.69, 9.17) is 11.6 Å². The molecule has 2 N–H and O–H groups in total. The zero-order valence-electron chi connectivity index (χ0n) is 16.6. The molecule has 0 saturated heterocycles. The van der Waals surface area contributed by atoms with Gasteiger partial charge in [-0.05, 0) is 42.0 Å². The molecule has 152 valence electrons. The lowest BCUT2D eigenvalue weighted by Crippen LogP contribution is -2.21. The minimum Gasteiger partial charge on any atom is -0.378 e. The second kappa shape index (κ2) is 9.71. The van der Waals surface area contributed by atoms with E-state index in [0.29, 0.717) is 16.3 Å². The maximum atomic E-state index is 12.6. The number of hydrazone groups is 1. The summed E-state index contributed by atoms with van der Waals surface area (Å²) in [6.07, 6.45) is 1.56. The van der Waals surface area contributed by atoms with Gasteiger partial charge in [0.2, 0.25) is 0 Å². The lowest BCUT2D eigenvalue weighted by molar-refractivity contribution is 0.0956. The van der Waals surface area contributed by atoms with Gasteiger partial charge in [-0.25, -0.2) is 5.43 Å². The summed E-state index contributed by atoms with van der Waals surface area (Å²) >= 11 is 6.08. The second-order valence-electron chi connectivity index (χ2n) is 6.66. The molecule has 0 radical (unpaired) electrons. The highest BCUT2D eigenvalue weighted by Crippen LogP contribution is 2.20. The van der Waals surface area contributed by atoms with Gasteiger partial charge in [0.25, 0.3) is 11.8 Å². The third kappa shape index (κ3) is 5.24. The van der Waals surface area contributed by atoms with E-state index < -0.39 is 11.8 Å². The zero-order valence-corrected chi connectivity index (χ0v) is 17.4. The van der Waals surface area contributed by atoms with Crippen molar-refractivity contribution in [2.24, 2.45) is 5.10 Å². The molecule has 0 bridgehead atoms. The Hall–Kier alpha value is -3.64. The van der Waals surface area contributed by atoms with E-state index in [2.05, 4.69) is 15.8 Å². The molecule has 0 saturated carbocycles. The van der Waals surface area contributed by atoms with Crippen LogP contribution in [0.2, 0.25) is 5.02 Å². The van der Waals surface area contributed by atoms with Gasteiger partial charge in [0.15, 0.2) is 0 Å². The normalized spacial score (nSPS) is 10.6. The van der Waals surface area contributed by atoms with Crippen LogP contribution in [0.3, 0.4) is 0 Å². The Morgan fingerprint density at radius 2 is 1.50 bits per heavy atom. The van der Waals surface area contributed by atoms with Gasteiger partial charge < -0.3 is 10.2 Å². The first-order valence-electron chi connectivity index (χ1n) is 9.21. The summed E-state index contributed by atoms with van der Waals surface area (Å²) in [7, 11) is 3.93. The molecule has 0 atom stereocenters. The van der Waals surface area contributed by atoms with Crippen LogP contribution in [-0.4, -0.2) is 32.1 Å². The van der Waals surface area contributed by atoms with Crippen molar-refractivity contribution in [1.82, 2.24) is 5.43 Å². The highest BCUT2D eigenvalue weighted by atomic mass is 35.5. The smallest absolute Gasteiger partial charge is 0.273 e. The minimum absolute atomic E-state index is 0.290. The first kappa shape index (κ1) is 21.1. The Morgan fingerprint density at radius 3 is 2.17 bits per heavy atom. The van der Waals surface area contributed by atoms with E-state index in [1.165, 1.54) is 0 Å². The van der Waals surface area contributed by atoms with E-state index in [1.54, 1.807) is 54.7 Å². The number of carbonyl (C=O) groups is 2. The van der Waals surface area contributed by atoms with E-state index in [-0.39, 0.29) is 5.56 Å². The molecular formula is C23H21ClN4O2. The summed E-state index contributed by atoms with van der Waals surface area (Å²) in [6.45, 7) is 0. The Kier molecular flexibility index (Phi) is 6.83. The summed E-state index contributed by atoms with van der Waals surface area (Å²) in [6, 6.07) is 21.1. The number of hydrogen-bond donors (Lipinski definition) is 2. The van der Waals surface area contributed by atoms with Crippen molar-refractivity contribution in [3.63, 3.8) is 0 Å². The van der Waals surface area contributed by atoms with Crippen LogP contribution in [0.1, 0.15) is 26.3 Å². The quantitative estimate of drug-likeness (QED) is 0.458. The number of halogens is 1. The molecule has 7 heteroatoms. The number of benzene rings is 3. The average Bonchev–Trinajstić information content (AvgIpc) is 2.74. The summed E-state index contributed by atoms with van der Waals surface area (Å²) < 4.78 is 0. The Labute approximate surface area is 180 Å². The van der Waals surface area contributed by atoms with E-state index in [9.17, 15) is 9.59 Å². The molecule has 0 fully saturated rings. The first-order valence-corrected chi connectivity index (χ1v) is 9.59. The number of rotatable bonds is 6. The molecule has 0 unspecified atom stereocenters. The zero-order chi connectivity index (χ0) is 21.5. The van der Waals surface area contributed by atoms with Crippen LogP contribution in [0.5, 0.6) is 0 Å². The summed E-state index contributed by atoms with van der Waals surface area (Å²) in [5.74, 6) is -0.837. The largest absolute Gasteiger partial charge is 0.378 e. The van der Waals surface area contributed by atoms with Crippen molar-refractivity contribution in [1.29, 1.82) is 0 Å². The number of nitrogens with zero attached hydrogens (tertiary/aromatic N) is 2. The molecule has 30 heavy (non-hydrogen) atoms. The lowest BCUT2D eigenvalue weighted by Gasteiger charge is -2.11. The number of anilines is 2. The Balaban J connectivity index is 1.69. The SMILES string of the molecule is CN(C)c1ccc(/C=N\NC(=O)c2ccccc2NC(=O)c2ccccc2Cl)cc1. The molecule has 2 amide bonds. The van der Waals surface area contributed by atoms with Crippen LogP contribution in [0.15, 0.2) is 77.9 Å². The van der Waals surface area contributed by atoms with Gasteiger partial charge in [0.1, 0.15) is 0 Å². The fourth-order valence-corrected chi connectivity index (χ4v) is 2.93. The molecule has 3 aromatic carbocycles. The number of amides is 2. The van der Waals surface area contributed by atoms with Crippen LogP contribution >= 0.6 is 11.6 Å². The Morgan fingerprint density at radius 1 is 0.867 bits per heavy atom. The fourth-order valence-electron chi connectivity index (χ4n) is 2.71. The van der Waals surface area contributed by atoms with Crippen molar-refractivity contribution < 1.29 is 9.59 Å². The highest BCUT2D eigenvalue weighted by molar-refractivity contribution is 6.34. The van der Waals surface area contributed by atoms with E-state index in [1.807, 2.05) is 43.3 Å². The molecule has 0 aliphatic rings. The van der Waals surface area contributed by atoms with Gasteiger partial charge in [-0.15, -0.1) is 0 Å². The number of carbonyl (C=O) groups excluding carboxylic acids is 2. The third-order valence-electron chi connectivity index (χ3n) is 4.33. The lowest BCUT2D eigenvalue weighted by atomic mass is 10.1. The molecular weight excluding hydrogens is 400 g/mol. The van der Waals surface area contributed by atoms with Gasteiger partial charge >= 0.3 is 0 Å². The van der Waals surface area contributed by atoms with Crippen LogP contribution in [-0.2, 0) is 0 Å². The van der Waals surface area contributed by atoms with Gasteiger partial charge in [-0.2, -0.15) is 5.10 Å². The molecule has 3 rings (SSSR count). The molecule has 0 aliphatic carbocycles. The standard InChI is InChI=1S/C23H21ClN4O2/c1-28(2)17-13-11-16(12-14-17)15-25-27-23(30)19-8-4-6-10-21(19)26-22(29)18-7-3-5-9-20(18)24/h3-15H,1-2H3,(H,26,29)(H,27,30)/b25-15-. The minimum atomic E-state index is -0.439. The third-order valence-corrected chi connectivity index (χ3v) is 4.66. The van der Waals surface area contributed by atoms with Gasteiger partial charge in [0.05, 0.1) is 28.1 Å². The van der Waals surface area contributed by atoms with Gasteiger partial charge in [-0.3, -0.25) is 9.59 Å². The van der Waals surface area contributed by atoms with Crippen LogP contribution < -0.4 is 15.6 Å². The number of para-hydroxylation sites is 1. The molecule has 0 aliphatic heterocycles. The molecule has 0 aromatic heterocycles. The molecule has 6 nitrogen and oxygen atoms in total. The fraction of sp³-hybridized carbons (Fsp3) is 0.0870. The molecule has 0 spiro atoms. The maximum absolute atomic E-state index is 12.6. The average molecular weight is 421 g/mol. The van der Waals surface area contributed by atoms with Gasteiger partial charge in [-0.1, -0.05) is 48.0 Å². The molecule has 0 heterocycles. The second-order valence-corrected chi connectivity index (χ2v) is 7.07. The summed E-state index contributed by atoms with van der Waals surface area (Å²) in [4.78, 5) is 27.1. The molecule has 3 aromatic rings. The van der Waals surface area contributed by atoms with Crippen LogP contribution in [0.4, 0.5) is 11.4 Å². The van der Waals surface area contributed by atoms with Crippen molar-refractivity contribution in [3.8, 4) is 0 Å². The van der Waals surface area contributed by atoms with Crippen molar-refractivity contribution in [2.75, 3.05) is 24.3 Å². The van der Waals surface area contributed by atoms with E-state index >= 15 is 0 Å². The number of nitrogens with one attached hydrogen (secondary N) is 2. The van der Waals surface area contributed by atoms with Gasteiger partial charge in [0, 0.05) is 19.8 Å². The van der Waals surface area contributed by atoms with E-state index in [0.717, 1.165) is 11.3 Å². The van der Waals surface area contributed by atoms with Crippen molar-refractivity contribution in [3.05, 3.63) is 94.5 Å². The highest BCUT2D eigenvalue weighted by Gasteiger charge is 2.15. The van der Waals surface area contributed by atoms with Crippen molar-refractivity contribution in [2.45, 2.75) is 0 Å². The monoisotopic (exact) mass is 420 g/mol. The van der Waals surface area contributed by atoms with Crippen molar-refractivity contribution >= 4 is 41.0 Å². The summed E-state index contributed by atoms with van der Waals surface area (Å²) in [5.41, 5.74) is 5.39. The van der Waals surface area contributed by atoms with Crippen LogP contribution in [0.25, 0.3) is 0 Å². The summed E-state index contributed by atoms with van der Waals surface area (Å²) in [5, 5.41) is 7.08. The van der Waals surface area contributed by atoms with Crippen LogP contribution in [0, 0.1) is 0 Å². The Bertz CT molecular complexity index is 1080. The maximum Gasteiger partial charge on any atom is 0.273 e.